The minimum Gasteiger partial charge on any atom is -0.356 e. The van der Waals surface area contributed by atoms with E-state index in [4.69, 9.17) is 0 Å². The fraction of sp³-hybridized carbons (Fsp3) is 0.741. The number of rotatable bonds is 10. The maximum Gasteiger partial charge on any atom is 0.219 e. The summed E-state index contributed by atoms with van der Waals surface area (Å²) < 4.78 is 0. The summed E-state index contributed by atoms with van der Waals surface area (Å²) in [6, 6.07) is 11.4. The first-order valence-electron chi connectivity index (χ1n) is 13.2. The molecule has 0 radical (unpaired) electrons. The van der Waals surface area contributed by atoms with Crippen molar-refractivity contribution in [2.75, 3.05) is 45.8 Å². The van der Waals surface area contributed by atoms with Crippen LogP contribution in [0.25, 0.3) is 0 Å². The molecule has 5 nitrogen and oxygen atoms in total. The zero-order valence-electron chi connectivity index (χ0n) is 21.3. The van der Waals surface area contributed by atoms with E-state index in [9.17, 15) is 4.79 Å². The molecule has 3 heterocycles. The third-order valence-corrected chi connectivity index (χ3v) is 8.08. The third kappa shape index (κ3) is 10.4. The van der Waals surface area contributed by atoms with E-state index in [2.05, 4.69) is 57.7 Å². The normalized spacial score (nSPS) is 25.0. The Morgan fingerprint density at radius 3 is 2.49 bits per heavy atom. The van der Waals surface area contributed by atoms with Gasteiger partial charge in [0.1, 0.15) is 0 Å². The lowest BCUT2D eigenvalue weighted by Crippen LogP contribution is -2.55. The van der Waals surface area contributed by atoms with Crippen molar-refractivity contribution in [2.24, 2.45) is 17.8 Å². The average Bonchev–Trinajstić information content (AvgIpc) is 2.82. The minimum absolute atomic E-state index is 0. The van der Waals surface area contributed by atoms with Crippen LogP contribution >= 0.6 is 37.2 Å². The quantitative estimate of drug-likeness (QED) is 0.441. The van der Waals surface area contributed by atoms with Gasteiger partial charge in [0, 0.05) is 38.6 Å². The summed E-state index contributed by atoms with van der Waals surface area (Å²) >= 11 is 0. The average molecular weight is 550 g/mol. The van der Waals surface area contributed by atoms with Crippen LogP contribution in [0, 0.1) is 17.8 Å². The highest BCUT2D eigenvalue weighted by molar-refractivity contribution is 5.86. The van der Waals surface area contributed by atoms with Crippen molar-refractivity contribution >= 4 is 43.1 Å². The molecule has 2 bridgehead atoms. The molecule has 0 unspecified atom stereocenters. The van der Waals surface area contributed by atoms with Crippen LogP contribution in [0.5, 0.6) is 0 Å². The van der Waals surface area contributed by atoms with Gasteiger partial charge in [0.2, 0.25) is 5.91 Å². The van der Waals surface area contributed by atoms with Crippen LogP contribution in [-0.2, 0) is 11.3 Å². The molecule has 4 rings (SSSR count). The molecule has 1 amide bonds. The lowest BCUT2D eigenvalue weighted by Gasteiger charge is -2.46. The number of fused-ring (bicyclic) bond motifs is 2. The first-order chi connectivity index (χ1) is 15.7. The summed E-state index contributed by atoms with van der Waals surface area (Å²) in [6.45, 7) is 11.3. The number of hydrogen-bond acceptors (Lipinski definition) is 4. The molecular weight excluding hydrogens is 503 g/mol. The summed E-state index contributed by atoms with van der Waals surface area (Å²) in [6.07, 6.45) is 7.88. The van der Waals surface area contributed by atoms with Crippen LogP contribution in [0.2, 0.25) is 0 Å². The van der Waals surface area contributed by atoms with Crippen LogP contribution < -0.4 is 10.6 Å². The largest absolute Gasteiger partial charge is 0.356 e. The predicted octanol–water partition coefficient (Wildman–Crippen LogP) is 4.77. The Kier molecular flexibility index (Phi) is 15.8. The van der Waals surface area contributed by atoms with Gasteiger partial charge in [-0.3, -0.25) is 9.69 Å². The number of piperidine rings is 3. The van der Waals surface area contributed by atoms with Gasteiger partial charge in [0.25, 0.3) is 0 Å². The van der Waals surface area contributed by atoms with E-state index in [1.165, 1.54) is 57.5 Å². The van der Waals surface area contributed by atoms with E-state index < -0.39 is 0 Å². The molecule has 3 atom stereocenters. The molecule has 8 heteroatoms. The number of benzene rings is 1. The Morgan fingerprint density at radius 2 is 1.77 bits per heavy atom. The van der Waals surface area contributed by atoms with Gasteiger partial charge in [0.15, 0.2) is 0 Å². The molecule has 3 fully saturated rings. The number of nitrogens with one attached hydrogen (secondary N) is 2. The van der Waals surface area contributed by atoms with Gasteiger partial charge in [-0.2, -0.15) is 0 Å². The highest BCUT2D eigenvalue weighted by Crippen LogP contribution is 2.31. The number of amides is 1. The Bertz CT molecular complexity index is 703. The fourth-order valence-electron chi connectivity index (χ4n) is 6.16. The smallest absolute Gasteiger partial charge is 0.219 e. The van der Waals surface area contributed by atoms with Crippen molar-refractivity contribution in [3.63, 3.8) is 0 Å². The zero-order valence-corrected chi connectivity index (χ0v) is 23.8. The van der Waals surface area contributed by atoms with Gasteiger partial charge >= 0.3 is 0 Å². The van der Waals surface area contributed by atoms with Crippen LogP contribution in [-0.4, -0.2) is 67.6 Å². The maximum absolute atomic E-state index is 12.3. The van der Waals surface area contributed by atoms with Crippen molar-refractivity contribution in [2.45, 2.75) is 64.5 Å². The highest BCUT2D eigenvalue weighted by Gasteiger charge is 2.36. The number of carbonyl (C=O) groups is 1. The second-order valence-electron chi connectivity index (χ2n) is 10.5. The molecule has 1 aromatic carbocycles. The summed E-state index contributed by atoms with van der Waals surface area (Å²) in [7, 11) is 0. The van der Waals surface area contributed by atoms with Crippen LogP contribution in [0.15, 0.2) is 30.3 Å². The highest BCUT2D eigenvalue weighted by atomic mass is 35.5. The van der Waals surface area contributed by atoms with Gasteiger partial charge in [0.05, 0.1) is 0 Å². The standard InChI is InChI=1S/C27H44N4O.3ClH/c1-2-30-15-12-22(13-16-30)11-14-28-27(32)10-6-9-26-25-17-24(18-29-26)20-31(21-25)19-23-7-4-3-5-8-23;;;/h3-5,7-8,22,24-26,29H,2,6,9-21H2,1H3,(H,28,32);3*1H/t24-,25-,26+;;;/m0.../s1. The van der Waals surface area contributed by atoms with E-state index in [0.717, 1.165) is 56.7 Å². The lowest BCUT2D eigenvalue weighted by atomic mass is 9.79. The van der Waals surface area contributed by atoms with Gasteiger partial charge in [-0.25, -0.2) is 0 Å². The Morgan fingerprint density at radius 1 is 1.03 bits per heavy atom. The number of carbonyl (C=O) groups excluding carboxylic acids is 1. The number of hydrogen-bond donors (Lipinski definition) is 2. The van der Waals surface area contributed by atoms with E-state index >= 15 is 0 Å². The third-order valence-electron chi connectivity index (χ3n) is 8.08. The topological polar surface area (TPSA) is 47.6 Å². The van der Waals surface area contributed by atoms with Crippen LogP contribution in [0.1, 0.15) is 57.4 Å². The zero-order chi connectivity index (χ0) is 22.2. The number of halogens is 3. The summed E-state index contributed by atoms with van der Waals surface area (Å²) in [5, 5.41) is 7.00. The second kappa shape index (κ2) is 17.0. The minimum atomic E-state index is 0. The second-order valence-corrected chi connectivity index (χ2v) is 10.5. The summed E-state index contributed by atoms with van der Waals surface area (Å²) in [4.78, 5) is 17.5. The van der Waals surface area contributed by atoms with Crippen molar-refractivity contribution < 1.29 is 4.79 Å². The molecule has 0 spiro atoms. The predicted molar refractivity (Wildman–Crippen MR) is 153 cm³/mol. The molecule has 0 aromatic heterocycles. The molecule has 1 aromatic rings. The van der Waals surface area contributed by atoms with Gasteiger partial charge in [-0.1, -0.05) is 37.3 Å². The first-order valence-corrected chi connectivity index (χ1v) is 13.2. The Labute approximate surface area is 231 Å². The van der Waals surface area contributed by atoms with Crippen molar-refractivity contribution in [3.8, 4) is 0 Å². The molecule has 35 heavy (non-hydrogen) atoms. The number of likely N-dealkylation sites (tertiary alicyclic amines) is 2. The first kappa shape index (κ1) is 32.5. The van der Waals surface area contributed by atoms with Crippen LogP contribution in [0.3, 0.4) is 0 Å². The van der Waals surface area contributed by atoms with Gasteiger partial charge < -0.3 is 15.5 Å². The van der Waals surface area contributed by atoms with Crippen molar-refractivity contribution in [1.82, 2.24) is 20.4 Å². The van der Waals surface area contributed by atoms with E-state index in [1.54, 1.807) is 0 Å². The summed E-state index contributed by atoms with van der Waals surface area (Å²) in [5.74, 6) is 2.55. The Hall–Kier alpha value is -0.560. The lowest BCUT2D eigenvalue weighted by molar-refractivity contribution is -0.121. The van der Waals surface area contributed by atoms with Crippen molar-refractivity contribution in [1.29, 1.82) is 0 Å². The molecule has 2 N–H and O–H groups in total. The SMILES string of the molecule is CCN1CCC(CCNC(=O)CCC[C@H]2NC[C@@H]3C[C@H]2CN(Cc2ccccc2)C3)CC1.Cl.Cl.Cl. The van der Waals surface area contributed by atoms with Gasteiger partial charge in [-0.15, -0.1) is 37.2 Å². The van der Waals surface area contributed by atoms with Crippen LogP contribution in [0.4, 0.5) is 0 Å². The molecule has 3 aliphatic heterocycles. The summed E-state index contributed by atoms with van der Waals surface area (Å²) in [5.41, 5.74) is 1.42. The fourth-order valence-corrected chi connectivity index (χ4v) is 6.16. The van der Waals surface area contributed by atoms with E-state index in [0.29, 0.717) is 12.5 Å². The molecule has 0 saturated carbocycles. The van der Waals surface area contributed by atoms with Crippen molar-refractivity contribution in [3.05, 3.63) is 35.9 Å². The van der Waals surface area contributed by atoms with E-state index in [1.807, 2.05) is 0 Å². The Balaban J connectivity index is 0.00000204. The molecule has 3 aliphatic rings. The number of nitrogens with zero attached hydrogens (tertiary/aromatic N) is 2. The maximum atomic E-state index is 12.3. The van der Waals surface area contributed by atoms with Gasteiger partial charge in [-0.05, 0) is 88.0 Å². The molecule has 202 valence electrons. The molecule has 0 aliphatic carbocycles. The monoisotopic (exact) mass is 548 g/mol. The van der Waals surface area contributed by atoms with E-state index in [-0.39, 0.29) is 43.1 Å². The molecular formula is C27H47Cl3N4O. The molecule has 3 saturated heterocycles.